The highest BCUT2D eigenvalue weighted by Gasteiger charge is 2.04. The van der Waals surface area contributed by atoms with E-state index in [4.69, 9.17) is 5.73 Å². The molecule has 0 saturated heterocycles. The summed E-state index contributed by atoms with van der Waals surface area (Å²) in [6, 6.07) is 3.90. The minimum absolute atomic E-state index is 0.489. The van der Waals surface area contributed by atoms with Crippen molar-refractivity contribution in [3.63, 3.8) is 0 Å². The molecule has 0 unspecified atom stereocenters. The molecule has 1 heterocycles. The van der Waals surface area contributed by atoms with E-state index in [0.29, 0.717) is 6.54 Å². The molecule has 0 spiro atoms. The highest BCUT2D eigenvalue weighted by atomic mass is 79.9. The lowest BCUT2D eigenvalue weighted by atomic mass is 10.2. The first-order valence-corrected chi connectivity index (χ1v) is 4.70. The zero-order valence-electron chi connectivity index (χ0n) is 6.87. The maximum Gasteiger partial charge on any atom is 0.103 e. The first kappa shape index (κ1) is 8.59. The van der Waals surface area contributed by atoms with E-state index in [1.807, 2.05) is 12.1 Å². The smallest absolute Gasteiger partial charge is 0.103 e. The van der Waals surface area contributed by atoms with E-state index in [1.54, 1.807) is 12.4 Å². The summed E-state index contributed by atoms with van der Waals surface area (Å²) in [7, 11) is 0. The van der Waals surface area contributed by atoms with E-state index >= 15 is 0 Å². The van der Waals surface area contributed by atoms with Crippen molar-refractivity contribution < 1.29 is 0 Å². The molecule has 13 heavy (non-hydrogen) atoms. The maximum absolute atomic E-state index is 5.58. The largest absolute Gasteiger partial charge is 0.326 e. The van der Waals surface area contributed by atoms with Gasteiger partial charge in [-0.2, -0.15) is 0 Å². The number of nitrogens with zero attached hydrogens (tertiary/aromatic N) is 2. The van der Waals surface area contributed by atoms with Crippen LogP contribution < -0.4 is 5.73 Å². The van der Waals surface area contributed by atoms with Gasteiger partial charge in [0.2, 0.25) is 0 Å². The van der Waals surface area contributed by atoms with Crippen molar-refractivity contribution in [2.75, 3.05) is 0 Å². The van der Waals surface area contributed by atoms with Crippen LogP contribution in [0.5, 0.6) is 0 Å². The third kappa shape index (κ3) is 1.43. The summed E-state index contributed by atoms with van der Waals surface area (Å²) in [5.74, 6) is 0. The molecule has 4 heteroatoms. The average molecular weight is 238 g/mol. The van der Waals surface area contributed by atoms with Gasteiger partial charge in [-0.15, -0.1) is 0 Å². The fraction of sp³-hybridized carbons (Fsp3) is 0.111. The Hall–Kier alpha value is -1.00. The molecule has 66 valence electrons. The minimum Gasteiger partial charge on any atom is -0.326 e. The Balaban J connectivity index is 2.84. The predicted octanol–water partition coefficient (Wildman–Crippen LogP) is 1.85. The van der Waals surface area contributed by atoms with Crippen LogP contribution >= 0.6 is 15.9 Å². The van der Waals surface area contributed by atoms with Gasteiger partial charge in [-0.3, -0.25) is 9.97 Å². The van der Waals surface area contributed by atoms with Crippen LogP contribution in [-0.2, 0) is 6.54 Å². The molecule has 0 fully saturated rings. The van der Waals surface area contributed by atoms with E-state index in [2.05, 4.69) is 25.9 Å². The van der Waals surface area contributed by atoms with Crippen LogP contribution in [0.1, 0.15) is 5.56 Å². The van der Waals surface area contributed by atoms with Gasteiger partial charge in [0.05, 0.1) is 5.52 Å². The zero-order valence-corrected chi connectivity index (χ0v) is 8.45. The summed E-state index contributed by atoms with van der Waals surface area (Å²) in [4.78, 5) is 8.46. The van der Waals surface area contributed by atoms with Crippen LogP contribution in [0, 0.1) is 0 Å². The van der Waals surface area contributed by atoms with Crippen LogP contribution in [0.25, 0.3) is 11.0 Å². The summed E-state index contributed by atoms with van der Waals surface area (Å²) in [6.45, 7) is 0.489. The number of rotatable bonds is 1. The van der Waals surface area contributed by atoms with Gasteiger partial charge < -0.3 is 5.73 Å². The minimum atomic E-state index is 0.489. The molecule has 0 bridgehead atoms. The third-order valence-corrected chi connectivity index (χ3v) is 2.52. The van der Waals surface area contributed by atoms with Gasteiger partial charge in [-0.05, 0) is 27.6 Å². The highest BCUT2D eigenvalue weighted by molar-refractivity contribution is 9.10. The second-order valence-corrected chi connectivity index (χ2v) is 3.52. The molecule has 2 N–H and O–H groups in total. The van der Waals surface area contributed by atoms with Gasteiger partial charge in [0.15, 0.2) is 0 Å². The highest BCUT2D eigenvalue weighted by Crippen LogP contribution is 2.22. The Morgan fingerprint density at radius 1 is 1.15 bits per heavy atom. The molecule has 2 aromatic rings. The second-order valence-electron chi connectivity index (χ2n) is 2.66. The molecule has 0 amide bonds. The van der Waals surface area contributed by atoms with Gasteiger partial charge in [-0.25, -0.2) is 0 Å². The third-order valence-electron chi connectivity index (χ3n) is 1.88. The molecule has 0 saturated carbocycles. The quantitative estimate of drug-likeness (QED) is 0.824. The fourth-order valence-corrected chi connectivity index (χ4v) is 1.67. The molecule has 0 aliphatic heterocycles. The Kier molecular flexibility index (Phi) is 2.24. The normalized spacial score (nSPS) is 10.6. The summed E-state index contributed by atoms with van der Waals surface area (Å²) >= 11 is 3.42. The average Bonchev–Trinajstić information content (AvgIpc) is 2.19. The zero-order chi connectivity index (χ0) is 9.26. The van der Waals surface area contributed by atoms with Crippen LogP contribution in [-0.4, -0.2) is 9.97 Å². The predicted molar refractivity (Wildman–Crippen MR) is 55.1 cm³/mol. The maximum atomic E-state index is 5.58. The molecule has 1 aromatic heterocycles. The molecular formula is C9H8BrN3. The molecule has 1 aromatic carbocycles. The lowest BCUT2D eigenvalue weighted by Crippen LogP contribution is -1.99. The van der Waals surface area contributed by atoms with Crippen molar-refractivity contribution >= 4 is 27.0 Å². The first-order chi connectivity index (χ1) is 6.33. The van der Waals surface area contributed by atoms with E-state index in [-0.39, 0.29) is 0 Å². The summed E-state index contributed by atoms with van der Waals surface area (Å²) < 4.78 is 0.952. The fourth-order valence-electron chi connectivity index (χ4n) is 1.24. The second kappa shape index (κ2) is 3.40. The lowest BCUT2D eigenvalue weighted by molar-refractivity contribution is 1.07. The van der Waals surface area contributed by atoms with Crippen molar-refractivity contribution in [1.29, 1.82) is 0 Å². The number of halogens is 1. The van der Waals surface area contributed by atoms with Gasteiger partial charge in [0, 0.05) is 23.4 Å². The van der Waals surface area contributed by atoms with Crippen molar-refractivity contribution in [1.82, 2.24) is 9.97 Å². The Bertz CT molecular complexity index is 442. The number of benzene rings is 1. The molecule has 3 nitrogen and oxygen atoms in total. The molecule has 2 rings (SSSR count). The number of aromatic nitrogens is 2. The lowest BCUT2D eigenvalue weighted by Gasteiger charge is -2.03. The van der Waals surface area contributed by atoms with E-state index in [0.717, 1.165) is 21.1 Å². The van der Waals surface area contributed by atoms with Gasteiger partial charge >= 0.3 is 0 Å². The number of hydrogen-bond donors (Lipinski definition) is 1. The molecular weight excluding hydrogens is 230 g/mol. The van der Waals surface area contributed by atoms with Gasteiger partial charge in [-0.1, -0.05) is 6.07 Å². The van der Waals surface area contributed by atoms with Crippen LogP contribution in [0.2, 0.25) is 0 Å². The molecule has 0 atom stereocenters. The Labute approximate surface area is 84.1 Å². The number of nitrogens with two attached hydrogens (primary N) is 1. The summed E-state index contributed by atoms with van der Waals surface area (Å²) in [5.41, 5.74) is 8.34. The summed E-state index contributed by atoms with van der Waals surface area (Å²) in [6.07, 6.45) is 3.35. The topological polar surface area (TPSA) is 51.8 Å². The standard InChI is InChI=1S/C9H8BrN3/c10-7-2-1-6(5-11)8-9(7)13-4-3-12-8/h1-4H,5,11H2. The number of fused-ring (bicyclic) bond motifs is 1. The van der Waals surface area contributed by atoms with Crippen molar-refractivity contribution in [2.45, 2.75) is 6.54 Å². The monoisotopic (exact) mass is 237 g/mol. The van der Waals surface area contributed by atoms with Crippen LogP contribution in [0.3, 0.4) is 0 Å². The Morgan fingerprint density at radius 2 is 1.85 bits per heavy atom. The van der Waals surface area contributed by atoms with Crippen LogP contribution in [0.15, 0.2) is 29.0 Å². The molecule has 0 aliphatic carbocycles. The van der Waals surface area contributed by atoms with Gasteiger partial charge in [0.1, 0.15) is 5.52 Å². The van der Waals surface area contributed by atoms with Crippen molar-refractivity contribution in [3.8, 4) is 0 Å². The molecule has 0 radical (unpaired) electrons. The van der Waals surface area contributed by atoms with Crippen molar-refractivity contribution in [3.05, 3.63) is 34.6 Å². The van der Waals surface area contributed by atoms with Gasteiger partial charge in [0.25, 0.3) is 0 Å². The Morgan fingerprint density at radius 3 is 2.54 bits per heavy atom. The van der Waals surface area contributed by atoms with E-state index in [1.165, 1.54) is 0 Å². The van der Waals surface area contributed by atoms with E-state index < -0.39 is 0 Å². The first-order valence-electron chi connectivity index (χ1n) is 3.91. The van der Waals surface area contributed by atoms with Crippen LogP contribution in [0.4, 0.5) is 0 Å². The summed E-state index contributed by atoms with van der Waals surface area (Å²) in [5, 5.41) is 0. The molecule has 0 aliphatic rings. The number of hydrogen-bond acceptors (Lipinski definition) is 3. The SMILES string of the molecule is NCc1ccc(Br)c2nccnc12. The van der Waals surface area contributed by atoms with E-state index in [9.17, 15) is 0 Å². The van der Waals surface area contributed by atoms with Crippen molar-refractivity contribution in [2.24, 2.45) is 5.73 Å².